The Balaban J connectivity index is 1.64. The highest BCUT2D eigenvalue weighted by Gasteiger charge is 2.30. The van der Waals surface area contributed by atoms with Gasteiger partial charge in [0, 0.05) is 25.2 Å². The largest absolute Gasteiger partial charge is 0.497 e. The number of carbonyl (C=O) groups excluding carboxylic acids is 1. The third-order valence-electron chi connectivity index (χ3n) is 5.25. The SMILES string of the molecule is CCn1c(S[C@H](C(=O)N2CCOCC2)c2ccccc2)nnc1-c1ccc(OC)cc1. The third-order valence-corrected chi connectivity index (χ3v) is 6.48. The zero-order valence-corrected chi connectivity index (χ0v) is 18.5. The zero-order chi connectivity index (χ0) is 21.6. The van der Waals surface area contributed by atoms with Gasteiger partial charge in [-0.25, -0.2) is 0 Å². The van der Waals surface area contributed by atoms with E-state index in [-0.39, 0.29) is 5.91 Å². The van der Waals surface area contributed by atoms with Crippen molar-refractivity contribution in [1.29, 1.82) is 0 Å². The summed E-state index contributed by atoms with van der Waals surface area (Å²) in [5, 5.41) is 9.22. The summed E-state index contributed by atoms with van der Waals surface area (Å²) in [6.07, 6.45) is 0. The number of hydrogen-bond donors (Lipinski definition) is 0. The van der Waals surface area contributed by atoms with Crippen molar-refractivity contribution >= 4 is 17.7 Å². The molecule has 2 heterocycles. The molecule has 1 aromatic heterocycles. The second kappa shape index (κ2) is 9.98. The Kier molecular flexibility index (Phi) is 6.89. The van der Waals surface area contributed by atoms with Crippen LogP contribution in [0.1, 0.15) is 17.7 Å². The van der Waals surface area contributed by atoms with Gasteiger partial charge in [-0.2, -0.15) is 0 Å². The lowest BCUT2D eigenvalue weighted by atomic mass is 10.1. The van der Waals surface area contributed by atoms with Crippen LogP contribution in [0.5, 0.6) is 5.75 Å². The van der Waals surface area contributed by atoms with E-state index in [0.717, 1.165) is 27.9 Å². The lowest BCUT2D eigenvalue weighted by molar-refractivity contribution is -0.134. The van der Waals surface area contributed by atoms with Gasteiger partial charge < -0.3 is 18.9 Å². The molecular weight excluding hydrogens is 412 g/mol. The van der Waals surface area contributed by atoms with Crippen LogP contribution in [-0.4, -0.2) is 59.0 Å². The number of carbonyl (C=O) groups is 1. The molecule has 8 heteroatoms. The Morgan fingerprint density at radius 3 is 2.45 bits per heavy atom. The van der Waals surface area contributed by atoms with Crippen LogP contribution in [0.4, 0.5) is 0 Å². The van der Waals surface area contributed by atoms with Crippen LogP contribution in [0, 0.1) is 0 Å². The summed E-state index contributed by atoms with van der Waals surface area (Å²) in [6, 6.07) is 17.6. The monoisotopic (exact) mass is 438 g/mol. The molecule has 1 saturated heterocycles. The van der Waals surface area contributed by atoms with Crippen LogP contribution in [0.2, 0.25) is 0 Å². The minimum Gasteiger partial charge on any atom is -0.497 e. The van der Waals surface area contributed by atoms with Crippen molar-refractivity contribution in [2.45, 2.75) is 23.9 Å². The van der Waals surface area contributed by atoms with E-state index in [1.807, 2.05) is 59.5 Å². The molecule has 0 aliphatic carbocycles. The normalized spacial score (nSPS) is 15.0. The first-order valence-corrected chi connectivity index (χ1v) is 11.2. The molecule has 0 radical (unpaired) electrons. The molecule has 1 aliphatic rings. The number of benzene rings is 2. The highest BCUT2D eigenvalue weighted by Crippen LogP contribution is 2.37. The topological polar surface area (TPSA) is 69.5 Å². The molecule has 3 aromatic rings. The first-order valence-electron chi connectivity index (χ1n) is 10.4. The number of ether oxygens (including phenoxy) is 2. The van der Waals surface area contributed by atoms with Gasteiger partial charge in [-0.15, -0.1) is 10.2 Å². The van der Waals surface area contributed by atoms with Crippen molar-refractivity contribution in [2.75, 3.05) is 33.4 Å². The van der Waals surface area contributed by atoms with Crippen molar-refractivity contribution in [3.05, 3.63) is 60.2 Å². The number of methoxy groups -OCH3 is 1. The fourth-order valence-electron chi connectivity index (χ4n) is 3.56. The average Bonchev–Trinajstić information content (AvgIpc) is 3.26. The minimum atomic E-state index is -0.391. The molecular formula is C23H26N4O3S. The smallest absolute Gasteiger partial charge is 0.240 e. The molecule has 1 atom stereocenters. The van der Waals surface area contributed by atoms with Gasteiger partial charge in [0.2, 0.25) is 5.91 Å². The highest BCUT2D eigenvalue weighted by molar-refractivity contribution is 8.00. The van der Waals surface area contributed by atoms with Crippen LogP contribution < -0.4 is 4.74 Å². The average molecular weight is 439 g/mol. The van der Waals surface area contributed by atoms with E-state index in [2.05, 4.69) is 21.7 Å². The Labute approximate surface area is 186 Å². The van der Waals surface area contributed by atoms with E-state index in [0.29, 0.717) is 32.8 Å². The second-order valence-electron chi connectivity index (χ2n) is 7.13. The first kappa shape index (κ1) is 21.4. The minimum absolute atomic E-state index is 0.0798. The molecule has 0 unspecified atom stereocenters. The lowest BCUT2D eigenvalue weighted by Crippen LogP contribution is -2.42. The van der Waals surface area contributed by atoms with E-state index in [4.69, 9.17) is 9.47 Å². The van der Waals surface area contributed by atoms with Crippen molar-refractivity contribution in [1.82, 2.24) is 19.7 Å². The van der Waals surface area contributed by atoms with Gasteiger partial charge in [-0.3, -0.25) is 4.79 Å². The number of hydrogen-bond acceptors (Lipinski definition) is 6. The summed E-state index contributed by atoms with van der Waals surface area (Å²) in [7, 11) is 1.65. The lowest BCUT2D eigenvalue weighted by Gasteiger charge is -2.30. The van der Waals surface area contributed by atoms with Crippen molar-refractivity contribution < 1.29 is 14.3 Å². The van der Waals surface area contributed by atoms with Gasteiger partial charge in [0.25, 0.3) is 0 Å². The van der Waals surface area contributed by atoms with Gasteiger partial charge >= 0.3 is 0 Å². The zero-order valence-electron chi connectivity index (χ0n) is 17.7. The van der Waals surface area contributed by atoms with Gasteiger partial charge in [0.1, 0.15) is 11.0 Å². The number of rotatable bonds is 7. The maximum absolute atomic E-state index is 13.4. The standard InChI is InChI=1S/C23H26N4O3S/c1-3-27-21(18-9-11-19(29-2)12-10-18)24-25-23(27)31-20(17-7-5-4-6-8-17)22(28)26-13-15-30-16-14-26/h4-12,20H,3,13-16H2,1-2H3/t20-/m0/s1. The van der Waals surface area contributed by atoms with Crippen molar-refractivity contribution in [3.8, 4) is 17.1 Å². The molecule has 0 N–H and O–H groups in total. The van der Waals surface area contributed by atoms with E-state index in [1.54, 1.807) is 7.11 Å². The molecule has 0 spiro atoms. The van der Waals surface area contributed by atoms with Crippen LogP contribution in [-0.2, 0) is 16.1 Å². The maximum atomic E-state index is 13.4. The predicted octanol–water partition coefficient (Wildman–Crippen LogP) is 3.67. The Bertz CT molecular complexity index is 1000. The van der Waals surface area contributed by atoms with Crippen LogP contribution in [0.25, 0.3) is 11.4 Å². The van der Waals surface area contributed by atoms with Crippen molar-refractivity contribution in [2.24, 2.45) is 0 Å². The highest BCUT2D eigenvalue weighted by atomic mass is 32.2. The Morgan fingerprint density at radius 2 is 1.81 bits per heavy atom. The third kappa shape index (κ3) is 4.75. The second-order valence-corrected chi connectivity index (χ2v) is 8.20. The molecule has 1 fully saturated rings. The van der Waals surface area contributed by atoms with Gasteiger partial charge in [-0.1, -0.05) is 42.1 Å². The van der Waals surface area contributed by atoms with Gasteiger partial charge in [-0.05, 0) is 36.8 Å². The van der Waals surface area contributed by atoms with E-state index >= 15 is 0 Å². The summed E-state index contributed by atoms with van der Waals surface area (Å²) >= 11 is 1.45. The van der Waals surface area contributed by atoms with Crippen LogP contribution >= 0.6 is 11.8 Å². The molecule has 2 aromatic carbocycles. The van der Waals surface area contributed by atoms with Gasteiger partial charge in [0.15, 0.2) is 11.0 Å². The molecule has 162 valence electrons. The number of aromatic nitrogens is 3. The van der Waals surface area contributed by atoms with Gasteiger partial charge in [0.05, 0.1) is 20.3 Å². The quantitative estimate of drug-likeness (QED) is 0.525. The first-order chi connectivity index (χ1) is 15.2. The van der Waals surface area contributed by atoms with E-state index in [9.17, 15) is 4.79 Å². The summed E-state index contributed by atoms with van der Waals surface area (Å²) in [6.45, 7) is 5.13. The number of morpholine rings is 1. The summed E-state index contributed by atoms with van der Waals surface area (Å²) in [5.74, 6) is 1.65. The molecule has 4 rings (SSSR count). The van der Waals surface area contributed by atoms with E-state index in [1.165, 1.54) is 11.8 Å². The number of nitrogens with zero attached hydrogens (tertiary/aromatic N) is 4. The number of amides is 1. The Morgan fingerprint density at radius 1 is 1.10 bits per heavy atom. The molecule has 31 heavy (non-hydrogen) atoms. The number of thioether (sulfide) groups is 1. The Hall–Kier alpha value is -2.84. The fraction of sp³-hybridized carbons (Fsp3) is 0.348. The molecule has 0 bridgehead atoms. The fourth-order valence-corrected chi connectivity index (χ4v) is 4.74. The molecule has 1 amide bonds. The molecule has 7 nitrogen and oxygen atoms in total. The maximum Gasteiger partial charge on any atom is 0.240 e. The summed E-state index contributed by atoms with van der Waals surface area (Å²) in [4.78, 5) is 15.3. The summed E-state index contributed by atoms with van der Waals surface area (Å²) in [5.41, 5.74) is 1.92. The van der Waals surface area contributed by atoms with E-state index < -0.39 is 5.25 Å². The van der Waals surface area contributed by atoms with Crippen LogP contribution in [0.15, 0.2) is 59.8 Å². The summed E-state index contributed by atoms with van der Waals surface area (Å²) < 4.78 is 12.7. The predicted molar refractivity (Wildman–Crippen MR) is 120 cm³/mol. The van der Waals surface area contributed by atoms with Crippen LogP contribution in [0.3, 0.4) is 0 Å². The molecule has 0 saturated carbocycles. The molecule has 1 aliphatic heterocycles. The van der Waals surface area contributed by atoms with Crippen molar-refractivity contribution in [3.63, 3.8) is 0 Å².